The highest BCUT2D eigenvalue weighted by atomic mass is 32.2. The van der Waals surface area contributed by atoms with Crippen LogP contribution in [0.4, 0.5) is 18.9 Å². The molecular weight excluding hydrogens is 261 g/mol. The predicted octanol–water partition coefficient (Wildman–Crippen LogP) is 3.88. The molecule has 0 aliphatic rings. The van der Waals surface area contributed by atoms with Crippen molar-refractivity contribution in [1.29, 1.82) is 0 Å². The highest BCUT2D eigenvalue weighted by molar-refractivity contribution is 7.98. The molecule has 0 aliphatic carbocycles. The molecule has 1 aromatic carbocycles. The van der Waals surface area contributed by atoms with Gasteiger partial charge in [0.1, 0.15) is 0 Å². The van der Waals surface area contributed by atoms with Crippen LogP contribution in [0.1, 0.15) is 12.0 Å². The molecule has 1 rings (SSSR count). The van der Waals surface area contributed by atoms with Crippen molar-refractivity contribution < 1.29 is 13.2 Å². The first kappa shape index (κ1) is 14.9. The van der Waals surface area contributed by atoms with Gasteiger partial charge in [-0.15, -0.1) is 0 Å². The van der Waals surface area contributed by atoms with Crippen molar-refractivity contribution >= 4 is 23.7 Å². The summed E-state index contributed by atoms with van der Waals surface area (Å²) >= 11 is 1.70. The van der Waals surface area contributed by atoms with E-state index in [9.17, 15) is 13.2 Å². The topological polar surface area (TPSA) is 15.6 Å². The average molecular weight is 276 g/mol. The molecule has 0 bridgehead atoms. The van der Waals surface area contributed by atoms with Crippen LogP contribution in [0.5, 0.6) is 0 Å². The van der Waals surface area contributed by atoms with Gasteiger partial charge in [0.2, 0.25) is 0 Å². The third kappa shape index (κ3) is 4.60. The molecule has 0 fully saturated rings. The van der Waals surface area contributed by atoms with E-state index in [1.54, 1.807) is 31.1 Å². The van der Waals surface area contributed by atoms with Gasteiger partial charge < -0.3 is 0 Å². The van der Waals surface area contributed by atoms with Gasteiger partial charge in [-0.25, -0.2) is 0 Å². The van der Waals surface area contributed by atoms with Crippen LogP contribution >= 0.6 is 11.8 Å². The maximum Gasteiger partial charge on any atom is 0.416 e. The van der Waals surface area contributed by atoms with Gasteiger partial charge in [0.25, 0.3) is 0 Å². The quantitative estimate of drug-likeness (QED) is 0.461. The van der Waals surface area contributed by atoms with Crippen LogP contribution in [-0.4, -0.2) is 25.3 Å². The minimum absolute atomic E-state index is 0.422. The fourth-order valence-electron chi connectivity index (χ4n) is 1.30. The molecule has 0 spiro atoms. The van der Waals surface area contributed by atoms with Gasteiger partial charge in [-0.2, -0.15) is 30.0 Å². The van der Waals surface area contributed by atoms with E-state index in [1.165, 1.54) is 11.1 Å². The van der Waals surface area contributed by atoms with Gasteiger partial charge >= 0.3 is 6.18 Å². The molecule has 18 heavy (non-hydrogen) atoms. The zero-order valence-corrected chi connectivity index (χ0v) is 11.1. The number of rotatable bonds is 5. The summed E-state index contributed by atoms with van der Waals surface area (Å²) in [6.45, 7) is 0. The van der Waals surface area contributed by atoms with Gasteiger partial charge in [0, 0.05) is 13.3 Å². The number of benzene rings is 1. The summed E-state index contributed by atoms with van der Waals surface area (Å²) in [5.74, 6) is 0.944. The lowest BCUT2D eigenvalue weighted by Crippen LogP contribution is -2.11. The standard InChI is InChI=1S/C12H15F3N2S/c1-17(16-7-4-8-18-2)11-6-3-5-10(9-11)12(13,14)15/h3,5-7,9H,4,8H2,1-2H3. The molecule has 0 aliphatic heterocycles. The molecule has 0 amide bonds. The van der Waals surface area contributed by atoms with Crippen LogP contribution in [0.3, 0.4) is 0 Å². The zero-order valence-electron chi connectivity index (χ0n) is 10.2. The van der Waals surface area contributed by atoms with Crippen molar-refractivity contribution in [3.05, 3.63) is 29.8 Å². The van der Waals surface area contributed by atoms with E-state index in [1.807, 2.05) is 6.26 Å². The minimum Gasteiger partial charge on any atom is -0.269 e. The summed E-state index contributed by atoms with van der Waals surface area (Å²) in [6.07, 6.45) is 0.172. The summed E-state index contributed by atoms with van der Waals surface area (Å²) in [5.41, 5.74) is -0.239. The van der Waals surface area contributed by atoms with E-state index in [0.717, 1.165) is 24.3 Å². The van der Waals surface area contributed by atoms with Crippen molar-refractivity contribution in [3.8, 4) is 0 Å². The molecule has 0 N–H and O–H groups in total. The monoisotopic (exact) mass is 276 g/mol. The van der Waals surface area contributed by atoms with Gasteiger partial charge in [-0.05, 0) is 36.6 Å². The van der Waals surface area contributed by atoms with E-state index in [0.29, 0.717) is 5.69 Å². The second-order valence-corrected chi connectivity index (χ2v) is 4.64. The molecule has 0 saturated heterocycles. The Balaban J connectivity index is 2.74. The van der Waals surface area contributed by atoms with Crippen molar-refractivity contribution in [3.63, 3.8) is 0 Å². The van der Waals surface area contributed by atoms with E-state index >= 15 is 0 Å². The predicted molar refractivity (Wildman–Crippen MR) is 71.3 cm³/mol. The van der Waals surface area contributed by atoms with E-state index < -0.39 is 11.7 Å². The Hall–Kier alpha value is -1.17. The molecule has 0 saturated carbocycles. The normalized spacial score (nSPS) is 12.1. The summed E-state index contributed by atoms with van der Waals surface area (Å²) in [7, 11) is 1.63. The van der Waals surface area contributed by atoms with Crippen molar-refractivity contribution in [1.82, 2.24) is 0 Å². The van der Waals surface area contributed by atoms with Gasteiger partial charge in [0.15, 0.2) is 0 Å². The van der Waals surface area contributed by atoms with Gasteiger partial charge in [0.05, 0.1) is 11.3 Å². The number of halogens is 3. The number of hydrogen-bond acceptors (Lipinski definition) is 3. The van der Waals surface area contributed by atoms with Crippen LogP contribution in [0, 0.1) is 0 Å². The zero-order chi connectivity index (χ0) is 13.6. The molecule has 0 unspecified atom stereocenters. The number of hydrogen-bond donors (Lipinski definition) is 0. The molecule has 100 valence electrons. The highest BCUT2D eigenvalue weighted by Crippen LogP contribution is 2.31. The smallest absolute Gasteiger partial charge is 0.269 e. The van der Waals surface area contributed by atoms with Crippen molar-refractivity contribution in [2.75, 3.05) is 24.1 Å². The summed E-state index contributed by atoms with van der Waals surface area (Å²) in [5, 5.41) is 5.52. The second kappa shape index (κ2) is 6.68. The third-order valence-corrected chi connectivity index (χ3v) is 2.90. The fourth-order valence-corrected chi connectivity index (χ4v) is 1.64. The number of alkyl halides is 3. The first-order valence-corrected chi connectivity index (χ1v) is 6.77. The highest BCUT2D eigenvalue weighted by Gasteiger charge is 2.30. The van der Waals surface area contributed by atoms with Crippen molar-refractivity contribution in [2.24, 2.45) is 5.10 Å². The van der Waals surface area contributed by atoms with Crippen LogP contribution in [0.15, 0.2) is 29.4 Å². The Kier molecular flexibility index (Phi) is 5.53. The lowest BCUT2D eigenvalue weighted by Gasteiger charge is -2.15. The number of nitrogens with zero attached hydrogens (tertiary/aromatic N) is 2. The summed E-state index contributed by atoms with van der Waals surface area (Å²) < 4.78 is 37.6. The van der Waals surface area contributed by atoms with E-state index in [2.05, 4.69) is 5.10 Å². The molecule has 0 aromatic heterocycles. The molecule has 6 heteroatoms. The van der Waals surface area contributed by atoms with E-state index in [-0.39, 0.29) is 0 Å². The maximum atomic E-state index is 12.5. The summed E-state index contributed by atoms with van der Waals surface area (Å²) in [6, 6.07) is 5.12. The maximum absolute atomic E-state index is 12.5. The molecule has 2 nitrogen and oxygen atoms in total. The Morgan fingerprint density at radius 2 is 2.11 bits per heavy atom. The average Bonchev–Trinajstić information content (AvgIpc) is 2.33. The first-order valence-electron chi connectivity index (χ1n) is 5.37. The molecule has 0 radical (unpaired) electrons. The lowest BCUT2D eigenvalue weighted by atomic mass is 10.2. The SMILES string of the molecule is CSCCC=NN(C)c1cccc(C(F)(F)F)c1. The van der Waals surface area contributed by atoms with E-state index in [4.69, 9.17) is 0 Å². The largest absolute Gasteiger partial charge is 0.416 e. The second-order valence-electron chi connectivity index (χ2n) is 3.65. The Bertz CT molecular complexity index is 405. The van der Waals surface area contributed by atoms with Gasteiger partial charge in [-0.1, -0.05) is 6.07 Å². The van der Waals surface area contributed by atoms with Gasteiger partial charge in [-0.3, -0.25) is 5.01 Å². The Labute approximate surface area is 109 Å². The van der Waals surface area contributed by atoms with Crippen LogP contribution < -0.4 is 5.01 Å². The fraction of sp³-hybridized carbons (Fsp3) is 0.417. The molecule has 1 aromatic rings. The van der Waals surface area contributed by atoms with Crippen molar-refractivity contribution in [2.45, 2.75) is 12.6 Å². The Morgan fingerprint density at radius 3 is 2.72 bits per heavy atom. The molecular formula is C12H15F3N2S. The first-order chi connectivity index (χ1) is 8.45. The lowest BCUT2D eigenvalue weighted by molar-refractivity contribution is -0.137. The minimum atomic E-state index is -4.32. The van der Waals surface area contributed by atoms with Crippen LogP contribution in [0.2, 0.25) is 0 Å². The van der Waals surface area contributed by atoms with Crippen LogP contribution in [0.25, 0.3) is 0 Å². The number of thioether (sulfide) groups is 1. The number of hydrazone groups is 1. The third-order valence-electron chi connectivity index (χ3n) is 2.25. The van der Waals surface area contributed by atoms with Crippen LogP contribution in [-0.2, 0) is 6.18 Å². The molecule has 0 atom stereocenters. The Morgan fingerprint density at radius 1 is 1.39 bits per heavy atom. The number of anilines is 1. The summed E-state index contributed by atoms with van der Waals surface area (Å²) in [4.78, 5) is 0. The molecule has 0 heterocycles.